The van der Waals surface area contributed by atoms with Crippen LogP contribution in [0.4, 0.5) is 9.18 Å². The van der Waals surface area contributed by atoms with Gasteiger partial charge in [0, 0.05) is 0 Å². The van der Waals surface area contributed by atoms with Crippen LogP contribution in [-0.2, 0) is 22.7 Å². The Bertz CT molecular complexity index is 1230. The van der Waals surface area contributed by atoms with Crippen molar-refractivity contribution in [3.63, 3.8) is 0 Å². The van der Waals surface area contributed by atoms with Crippen LogP contribution in [0.2, 0.25) is 0 Å². The summed E-state index contributed by atoms with van der Waals surface area (Å²) in [5.41, 5.74) is 1.48. The number of halogens is 1. The predicted molar refractivity (Wildman–Crippen MR) is 114 cm³/mol. The lowest BCUT2D eigenvalue weighted by atomic mass is 10.2. The maximum Gasteiger partial charge on any atom is 0.373 e. The standard InChI is InChI=1S/C24H19FN2O6/c1-31-23(29)21-10-9-19(33-21)13-27-22(28)20(26-24(27)30)12-15-5-7-18(8-6-15)32-14-16-3-2-4-17(25)11-16/h2-12H,13-14H2,1H3,(H,26,30)/b20-12-. The minimum atomic E-state index is -0.651. The van der Waals surface area contributed by atoms with Crippen LogP contribution in [-0.4, -0.2) is 29.9 Å². The highest BCUT2D eigenvalue weighted by molar-refractivity contribution is 6.13. The quantitative estimate of drug-likeness (QED) is 0.333. The smallest absolute Gasteiger partial charge is 0.373 e. The highest BCUT2D eigenvalue weighted by atomic mass is 19.1. The fourth-order valence-corrected chi connectivity index (χ4v) is 3.16. The number of amides is 3. The SMILES string of the molecule is COC(=O)c1ccc(CN2C(=O)N/C(=C\c3ccc(OCc4cccc(F)c4)cc3)C2=O)o1. The molecule has 3 aromatic rings. The summed E-state index contributed by atoms with van der Waals surface area (Å²) in [5.74, 6) is -0.685. The minimum absolute atomic E-state index is 0.0185. The Kier molecular flexibility index (Phi) is 6.21. The summed E-state index contributed by atoms with van der Waals surface area (Å²) in [6.07, 6.45) is 1.54. The van der Waals surface area contributed by atoms with Gasteiger partial charge < -0.3 is 19.2 Å². The van der Waals surface area contributed by atoms with Crippen molar-refractivity contribution in [2.75, 3.05) is 7.11 Å². The van der Waals surface area contributed by atoms with Crippen LogP contribution >= 0.6 is 0 Å². The minimum Gasteiger partial charge on any atom is -0.489 e. The van der Waals surface area contributed by atoms with E-state index in [1.807, 2.05) is 0 Å². The Labute approximate surface area is 188 Å². The molecule has 2 aromatic carbocycles. The fourth-order valence-electron chi connectivity index (χ4n) is 3.16. The van der Waals surface area contributed by atoms with E-state index in [0.29, 0.717) is 16.9 Å². The fraction of sp³-hybridized carbons (Fsp3) is 0.125. The van der Waals surface area contributed by atoms with Gasteiger partial charge in [-0.15, -0.1) is 0 Å². The van der Waals surface area contributed by atoms with Crippen LogP contribution in [0.3, 0.4) is 0 Å². The molecule has 33 heavy (non-hydrogen) atoms. The van der Waals surface area contributed by atoms with Gasteiger partial charge in [-0.3, -0.25) is 9.69 Å². The van der Waals surface area contributed by atoms with Crippen molar-refractivity contribution in [2.45, 2.75) is 13.2 Å². The van der Waals surface area contributed by atoms with Gasteiger partial charge >= 0.3 is 12.0 Å². The van der Waals surface area contributed by atoms with Gasteiger partial charge in [0.25, 0.3) is 5.91 Å². The molecule has 0 bridgehead atoms. The molecule has 1 fully saturated rings. The Morgan fingerprint density at radius 3 is 2.64 bits per heavy atom. The van der Waals surface area contributed by atoms with Gasteiger partial charge in [0.2, 0.25) is 5.76 Å². The van der Waals surface area contributed by atoms with Crippen molar-refractivity contribution in [3.8, 4) is 5.75 Å². The van der Waals surface area contributed by atoms with E-state index >= 15 is 0 Å². The highest BCUT2D eigenvalue weighted by Gasteiger charge is 2.34. The number of ether oxygens (including phenoxy) is 2. The maximum absolute atomic E-state index is 13.2. The van der Waals surface area contributed by atoms with E-state index in [2.05, 4.69) is 10.1 Å². The van der Waals surface area contributed by atoms with Gasteiger partial charge in [-0.05, 0) is 53.6 Å². The molecule has 0 unspecified atom stereocenters. The number of furan rings is 1. The monoisotopic (exact) mass is 450 g/mol. The largest absolute Gasteiger partial charge is 0.489 e. The summed E-state index contributed by atoms with van der Waals surface area (Å²) in [7, 11) is 1.22. The zero-order chi connectivity index (χ0) is 23.4. The number of nitrogens with zero attached hydrogens (tertiary/aromatic N) is 1. The Morgan fingerprint density at radius 2 is 1.91 bits per heavy atom. The summed E-state index contributed by atoms with van der Waals surface area (Å²) in [6, 6.07) is 15.3. The summed E-state index contributed by atoms with van der Waals surface area (Å²) in [5, 5.41) is 2.53. The van der Waals surface area contributed by atoms with Crippen molar-refractivity contribution in [1.82, 2.24) is 10.2 Å². The second-order valence-corrected chi connectivity index (χ2v) is 7.12. The molecule has 1 aromatic heterocycles. The van der Waals surface area contributed by atoms with E-state index in [0.717, 1.165) is 4.90 Å². The molecular weight excluding hydrogens is 431 g/mol. The maximum atomic E-state index is 13.2. The number of benzene rings is 2. The second kappa shape index (κ2) is 9.39. The van der Waals surface area contributed by atoms with Gasteiger partial charge in [-0.25, -0.2) is 14.0 Å². The van der Waals surface area contributed by atoms with E-state index in [1.54, 1.807) is 42.5 Å². The van der Waals surface area contributed by atoms with Crippen molar-refractivity contribution < 1.29 is 32.7 Å². The Balaban J connectivity index is 1.39. The molecule has 0 spiro atoms. The molecule has 0 aliphatic carbocycles. The lowest BCUT2D eigenvalue weighted by Crippen LogP contribution is -2.30. The summed E-state index contributed by atoms with van der Waals surface area (Å²) in [6.45, 7) is 0.0814. The van der Waals surface area contributed by atoms with Crippen LogP contribution in [0, 0.1) is 5.82 Å². The third kappa shape index (κ3) is 5.09. The number of nitrogens with one attached hydrogen (secondary N) is 1. The number of esters is 1. The Morgan fingerprint density at radius 1 is 1.12 bits per heavy atom. The van der Waals surface area contributed by atoms with E-state index in [1.165, 1.54) is 31.4 Å². The zero-order valence-electron chi connectivity index (χ0n) is 17.5. The summed E-state index contributed by atoms with van der Waals surface area (Å²) >= 11 is 0. The first kappa shape index (κ1) is 21.8. The van der Waals surface area contributed by atoms with Gasteiger partial charge in [-0.1, -0.05) is 24.3 Å². The molecule has 8 nitrogen and oxygen atoms in total. The molecule has 2 heterocycles. The number of hydrogen-bond acceptors (Lipinski definition) is 6. The van der Waals surface area contributed by atoms with Crippen molar-refractivity contribution in [2.24, 2.45) is 0 Å². The van der Waals surface area contributed by atoms with Crippen LogP contribution < -0.4 is 10.1 Å². The van der Waals surface area contributed by atoms with E-state index < -0.39 is 17.9 Å². The molecule has 0 radical (unpaired) electrons. The lowest BCUT2D eigenvalue weighted by Gasteiger charge is -2.09. The number of imide groups is 1. The lowest BCUT2D eigenvalue weighted by molar-refractivity contribution is -0.123. The first-order chi connectivity index (χ1) is 15.9. The number of urea groups is 1. The molecule has 3 amide bonds. The number of carbonyl (C=O) groups is 3. The third-order valence-electron chi connectivity index (χ3n) is 4.81. The first-order valence-corrected chi connectivity index (χ1v) is 9.92. The van der Waals surface area contributed by atoms with Crippen LogP contribution in [0.15, 0.2) is 70.8 Å². The summed E-state index contributed by atoms with van der Waals surface area (Å²) in [4.78, 5) is 37.4. The molecule has 1 saturated heterocycles. The van der Waals surface area contributed by atoms with Crippen LogP contribution in [0.1, 0.15) is 27.4 Å². The number of methoxy groups -OCH3 is 1. The van der Waals surface area contributed by atoms with E-state index in [4.69, 9.17) is 9.15 Å². The average molecular weight is 450 g/mol. The van der Waals surface area contributed by atoms with E-state index in [9.17, 15) is 18.8 Å². The van der Waals surface area contributed by atoms with Crippen molar-refractivity contribution in [1.29, 1.82) is 0 Å². The first-order valence-electron chi connectivity index (χ1n) is 9.92. The molecule has 1 aliphatic heterocycles. The molecule has 4 rings (SSSR count). The zero-order valence-corrected chi connectivity index (χ0v) is 17.5. The second-order valence-electron chi connectivity index (χ2n) is 7.12. The summed E-state index contributed by atoms with van der Waals surface area (Å²) < 4.78 is 28.8. The number of carbonyl (C=O) groups excluding carboxylic acids is 3. The van der Waals surface area contributed by atoms with Crippen LogP contribution in [0.5, 0.6) is 5.75 Å². The molecule has 0 saturated carbocycles. The van der Waals surface area contributed by atoms with Gasteiger partial charge in [0.1, 0.15) is 29.6 Å². The van der Waals surface area contributed by atoms with Gasteiger partial charge in [0.05, 0.1) is 13.7 Å². The molecular formula is C24H19FN2O6. The molecule has 9 heteroatoms. The van der Waals surface area contributed by atoms with E-state index in [-0.39, 0.29) is 36.2 Å². The molecule has 1 N–H and O–H groups in total. The molecule has 1 aliphatic rings. The van der Waals surface area contributed by atoms with Crippen molar-refractivity contribution in [3.05, 3.63) is 94.8 Å². The average Bonchev–Trinajstić information content (AvgIpc) is 3.39. The van der Waals surface area contributed by atoms with Crippen molar-refractivity contribution >= 4 is 24.0 Å². The number of hydrogen-bond donors (Lipinski definition) is 1. The van der Waals surface area contributed by atoms with Gasteiger partial charge in [-0.2, -0.15) is 0 Å². The van der Waals surface area contributed by atoms with Gasteiger partial charge in [0.15, 0.2) is 0 Å². The molecule has 168 valence electrons. The topological polar surface area (TPSA) is 98.1 Å². The number of rotatable bonds is 7. The third-order valence-corrected chi connectivity index (χ3v) is 4.81. The predicted octanol–water partition coefficient (Wildman–Crippen LogP) is 3.88. The Hall–Kier alpha value is -4.40. The van der Waals surface area contributed by atoms with Crippen LogP contribution in [0.25, 0.3) is 6.08 Å². The normalized spacial score (nSPS) is 14.5. The molecule has 0 atom stereocenters. The highest BCUT2D eigenvalue weighted by Crippen LogP contribution is 2.20.